The number of unbranched alkanes of at least 4 members (excludes halogenated alkanes) is 6. The van der Waals surface area contributed by atoms with E-state index in [1.54, 1.807) is 0 Å². The van der Waals surface area contributed by atoms with E-state index in [9.17, 15) is 0 Å². The van der Waals surface area contributed by atoms with Crippen molar-refractivity contribution in [3.63, 3.8) is 0 Å². The third kappa shape index (κ3) is 6.16. The number of rotatable bonds is 12. The molecule has 0 unspecified atom stereocenters. The van der Waals surface area contributed by atoms with Gasteiger partial charge in [0.2, 0.25) is 0 Å². The van der Waals surface area contributed by atoms with E-state index in [0.717, 1.165) is 18.4 Å². The standard InChI is InChI=1S/C26H30Br2N2S3/c1-3-5-7-9-11-17-15-21(31-25(17)27)19-13-14-20(24-23(19)29-30-33-24)22-16-18(26(28)32-22)12-10-8-6-4-2/h13-16H,3-12H2,1-2H3. The van der Waals surface area contributed by atoms with E-state index >= 15 is 0 Å². The molecule has 0 amide bonds. The van der Waals surface area contributed by atoms with E-state index in [1.807, 2.05) is 22.7 Å². The van der Waals surface area contributed by atoms with Crippen molar-refractivity contribution >= 4 is 76.3 Å². The molecule has 3 heterocycles. The van der Waals surface area contributed by atoms with Crippen molar-refractivity contribution in [2.45, 2.75) is 78.1 Å². The van der Waals surface area contributed by atoms with Gasteiger partial charge in [0.25, 0.3) is 0 Å². The molecule has 0 N–H and O–H groups in total. The minimum atomic E-state index is 1.03. The summed E-state index contributed by atoms with van der Waals surface area (Å²) in [5.74, 6) is 0. The van der Waals surface area contributed by atoms with Crippen LogP contribution in [0.15, 0.2) is 31.8 Å². The van der Waals surface area contributed by atoms with Gasteiger partial charge in [-0.1, -0.05) is 69.0 Å². The van der Waals surface area contributed by atoms with Gasteiger partial charge in [-0.2, -0.15) is 0 Å². The van der Waals surface area contributed by atoms with Crippen LogP contribution >= 0.6 is 66.1 Å². The molecule has 3 aromatic heterocycles. The topological polar surface area (TPSA) is 25.8 Å². The second kappa shape index (κ2) is 12.4. The summed E-state index contributed by atoms with van der Waals surface area (Å²) in [5.41, 5.74) is 6.32. The lowest BCUT2D eigenvalue weighted by atomic mass is 10.0. The normalized spacial score (nSPS) is 11.6. The van der Waals surface area contributed by atoms with Gasteiger partial charge in [-0.25, -0.2) is 0 Å². The van der Waals surface area contributed by atoms with E-state index in [4.69, 9.17) is 0 Å². The van der Waals surface area contributed by atoms with Crippen molar-refractivity contribution in [1.29, 1.82) is 0 Å². The Morgan fingerprint density at radius 2 is 1.27 bits per heavy atom. The van der Waals surface area contributed by atoms with Crippen LogP contribution in [0, 0.1) is 0 Å². The molecule has 176 valence electrons. The predicted molar refractivity (Wildman–Crippen MR) is 155 cm³/mol. The Bertz CT molecular complexity index is 1100. The Labute approximate surface area is 226 Å². The third-order valence-electron chi connectivity index (χ3n) is 6.05. The molecule has 0 aliphatic rings. The first-order valence-electron chi connectivity index (χ1n) is 11.9. The van der Waals surface area contributed by atoms with Crippen LogP contribution < -0.4 is 0 Å². The van der Waals surface area contributed by atoms with Crippen LogP contribution in [0.2, 0.25) is 0 Å². The van der Waals surface area contributed by atoms with Gasteiger partial charge in [0, 0.05) is 20.9 Å². The number of thiophene rings is 2. The van der Waals surface area contributed by atoms with Gasteiger partial charge in [-0.3, -0.25) is 0 Å². The predicted octanol–water partition coefficient (Wildman–Crippen LogP) is 10.9. The molecule has 2 nitrogen and oxygen atoms in total. The van der Waals surface area contributed by atoms with E-state index in [0.29, 0.717) is 0 Å². The summed E-state index contributed by atoms with van der Waals surface area (Å²) in [7, 11) is 0. The Balaban J connectivity index is 1.59. The van der Waals surface area contributed by atoms with E-state index in [1.165, 1.54) is 107 Å². The zero-order valence-corrected chi connectivity index (χ0v) is 24.9. The van der Waals surface area contributed by atoms with Crippen LogP contribution in [0.5, 0.6) is 0 Å². The maximum Gasteiger partial charge on any atom is 0.115 e. The Morgan fingerprint density at radius 1 is 0.727 bits per heavy atom. The molecule has 0 atom stereocenters. The molecular formula is C26H30Br2N2S3. The highest BCUT2D eigenvalue weighted by molar-refractivity contribution is 9.11. The van der Waals surface area contributed by atoms with E-state index in [-0.39, 0.29) is 0 Å². The monoisotopic (exact) mass is 624 g/mol. The summed E-state index contributed by atoms with van der Waals surface area (Å²) in [4.78, 5) is 2.58. The van der Waals surface area contributed by atoms with Gasteiger partial charge in [0.15, 0.2) is 0 Å². The van der Waals surface area contributed by atoms with Crippen molar-refractivity contribution in [3.05, 3.63) is 43.0 Å². The van der Waals surface area contributed by atoms with Crippen molar-refractivity contribution < 1.29 is 0 Å². The molecule has 0 saturated carbocycles. The Kier molecular flexibility index (Phi) is 9.57. The summed E-state index contributed by atoms with van der Waals surface area (Å²) < 4.78 is 8.05. The molecule has 4 aromatic rings. The molecule has 0 aliphatic heterocycles. The van der Waals surface area contributed by atoms with Crippen LogP contribution in [-0.4, -0.2) is 9.59 Å². The first kappa shape index (κ1) is 25.5. The van der Waals surface area contributed by atoms with Gasteiger partial charge in [-0.15, -0.1) is 27.8 Å². The van der Waals surface area contributed by atoms with E-state index in [2.05, 4.69) is 79.6 Å². The van der Waals surface area contributed by atoms with Crippen molar-refractivity contribution in [2.75, 3.05) is 0 Å². The van der Waals surface area contributed by atoms with Gasteiger partial charge >= 0.3 is 0 Å². The average molecular weight is 627 g/mol. The average Bonchev–Trinajstić information content (AvgIpc) is 3.53. The molecule has 7 heteroatoms. The number of aryl methyl sites for hydroxylation is 2. The minimum Gasteiger partial charge on any atom is -0.137 e. The number of halogens is 2. The lowest BCUT2D eigenvalue weighted by Crippen LogP contribution is -1.84. The summed E-state index contributed by atoms with van der Waals surface area (Å²) in [6.07, 6.45) is 12.6. The molecule has 4 rings (SSSR count). The van der Waals surface area contributed by atoms with Gasteiger partial charge in [0.05, 0.1) is 12.3 Å². The fourth-order valence-electron chi connectivity index (χ4n) is 4.16. The first-order chi connectivity index (χ1) is 16.1. The molecule has 0 bridgehead atoms. The van der Waals surface area contributed by atoms with Crippen LogP contribution in [0.3, 0.4) is 0 Å². The summed E-state index contributed by atoms with van der Waals surface area (Å²) >= 11 is 12.8. The number of nitrogens with zero attached hydrogens (tertiary/aromatic N) is 2. The van der Waals surface area contributed by atoms with Crippen molar-refractivity contribution in [1.82, 2.24) is 9.59 Å². The van der Waals surface area contributed by atoms with Gasteiger partial charge < -0.3 is 0 Å². The quantitative estimate of drug-likeness (QED) is 0.146. The lowest BCUT2D eigenvalue weighted by molar-refractivity contribution is 0.667. The van der Waals surface area contributed by atoms with Gasteiger partial charge in [-0.05, 0) is 92.3 Å². The second-order valence-electron chi connectivity index (χ2n) is 8.55. The zero-order chi connectivity index (χ0) is 23.2. The molecule has 0 spiro atoms. The number of fused-ring (bicyclic) bond motifs is 1. The highest BCUT2D eigenvalue weighted by Crippen LogP contribution is 2.44. The first-order valence-corrected chi connectivity index (χ1v) is 15.9. The fraction of sp³-hybridized carbons (Fsp3) is 0.462. The molecular weight excluding hydrogens is 596 g/mol. The minimum absolute atomic E-state index is 1.03. The maximum atomic E-state index is 4.56. The molecule has 0 fully saturated rings. The molecule has 33 heavy (non-hydrogen) atoms. The smallest absolute Gasteiger partial charge is 0.115 e. The molecule has 0 radical (unpaired) electrons. The Morgan fingerprint density at radius 3 is 1.85 bits per heavy atom. The SMILES string of the molecule is CCCCCCc1cc(-c2ccc(-c3cc(CCCCCC)c(Br)s3)c3snnc23)sc1Br. The van der Waals surface area contributed by atoms with Crippen molar-refractivity contribution in [2.24, 2.45) is 0 Å². The summed E-state index contributed by atoms with van der Waals surface area (Å²) in [6.45, 7) is 4.53. The van der Waals surface area contributed by atoms with E-state index < -0.39 is 0 Å². The molecule has 0 aliphatic carbocycles. The van der Waals surface area contributed by atoms with Crippen LogP contribution in [-0.2, 0) is 12.8 Å². The zero-order valence-electron chi connectivity index (χ0n) is 19.3. The number of aromatic nitrogens is 2. The van der Waals surface area contributed by atoms with Crippen LogP contribution in [0.25, 0.3) is 31.1 Å². The Hall–Kier alpha value is -0.600. The molecule has 1 aromatic carbocycles. The third-order valence-corrected chi connectivity index (χ3v) is 10.8. The maximum absolute atomic E-state index is 4.56. The van der Waals surface area contributed by atoms with Crippen LogP contribution in [0.4, 0.5) is 0 Å². The second-order valence-corrected chi connectivity index (χ2v) is 14.0. The summed E-state index contributed by atoms with van der Waals surface area (Å²) in [5, 5.41) is 4.56. The lowest BCUT2D eigenvalue weighted by Gasteiger charge is -2.03. The molecule has 0 saturated heterocycles. The highest BCUT2D eigenvalue weighted by Gasteiger charge is 2.18. The number of hydrogen-bond donors (Lipinski definition) is 0. The summed E-state index contributed by atoms with van der Waals surface area (Å²) in [6, 6.07) is 9.23. The van der Waals surface area contributed by atoms with Gasteiger partial charge in [0.1, 0.15) is 5.52 Å². The largest absolute Gasteiger partial charge is 0.137 e. The van der Waals surface area contributed by atoms with Crippen molar-refractivity contribution in [3.8, 4) is 20.9 Å². The fourth-order valence-corrected chi connectivity index (χ4v) is 8.54. The van der Waals surface area contributed by atoms with Crippen LogP contribution in [0.1, 0.15) is 76.3 Å². The number of benzene rings is 1. The highest BCUT2D eigenvalue weighted by atomic mass is 79.9. The number of hydrogen-bond acceptors (Lipinski definition) is 5.